The number of hydrogen-bond donors (Lipinski definition) is 1. The topological polar surface area (TPSA) is 29.1 Å². The van der Waals surface area contributed by atoms with Crippen molar-refractivity contribution in [1.82, 2.24) is 5.32 Å². The van der Waals surface area contributed by atoms with Crippen molar-refractivity contribution in [1.29, 1.82) is 0 Å². The van der Waals surface area contributed by atoms with Gasteiger partial charge in [-0.05, 0) is 32.2 Å². The van der Waals surface area contributed by atoms with Gasteiger partial charge in [-0.15, -0.1) is 22.9 Å². The van der Waals surface area contributed by atoms with Gasteiger partial charge >= 0.3 is 0 Å². The Morgan fingerprint density at radius 2 is 2.33 bits per heavy atom. The first-order chi connectivity index (χ1) is 6.97. The largest absolute Gasteiger partial charge is 0.348 e. The molecule has 1 atom stereocenters. The van der Waals surface area contributed by atoms with Gasteiger partial charge in [0.25, 0.3) is 0 Å². The predicted molar refractivity (Wildman–Crippen MR) is 65.4 cm³/mol. The Balaban J connectivity index is 2.60. The third-order valence-electron chi connectivity index (χ3n) is 2.27. The molecule has 0 radical (unpaired) electrons. The Kier molecular flexibility index (Phi) is 4.17. The highest BCUT2D eigenvalue weighted by atomic mass is 35.5. The van der Waals surface area contributed by atoms with Gasteiger partial charge in [-0.1, -0.05) is 6.07 Å². The number of hydrogen-bond acceptors (Lipinski definition) is 2. The summed E-state index contributed by atoms with van der Waals surface area (Å²) in [7, 11) is 0. The first-order valence-electron chi connectivity index (χ1n) is 4.87. The molecule has 0 bridgehead atoms. The Morgan fingerprint density at radius 3 is 2.80 bits per heavy atom. The minimum atomic E-state index is -0.507. The molecule has 1 heterocycles. The minimum absolute atomic E-state index is 0.00148. The van der Waals surface area contributed by atoms with E-state index in [9.17, 15) is 4.79 Å². The van der Waals surface area contributed by atoms with Crippen molar-refractivity contribution in [3.05, 3.63) is 22.4 Å². The van der Waals surface area contributed by atoms with Crippen LogP contribution in [0.2, 0.25) is 0 Å². The van der Waals surface area contributed by atoms with E-state index in [0.717, 1.165) is 4.88 Å². The van der Waals surface area contributed by atoms with E-state index in [1.54, 1.807) is 11.3 Å². The van der Waals surface area contributed by atoms with E-state index in [1.807, 2.05) is 38.3 Å². The average molecular weight is 246 g/mol. The fourth-order valence-corrected chi connectivity index (χ4v) is 1.92. The molecule has 0 saturated heterocycles. The summed E-state index contributed by atoms with van der Waals surface area (Å²) in [6, 6.07) is 4.05. The van der Waals surface area contributed by atoms with Crippen molar-refractivity contribution in [2.75, 3.05) is 5.88 Å². The quantitative estimate of drug-likeness (QED) is 0.811. The molecule has 2 nitrogen and oxygen atoms in total. The first-order valence-corrected chi connectivity index (χ1v) is 6.29. The monoisotopic (exact) mass is 245 g/mol. The summed E-state index contributed by atoms with van der Waals surface area (Å²) in [6.45, 7) is 5.67. The molecule has 0 aromatic carbocycles. The van der Waals surface area contributed by atoms with Crippen LogP contribution < -0.4 is 5.32 Å². The van der Waals surface area contributed by atoms with Crippen LogP contribution in [0.1, 0.15) is 31.7 Å². The van der Waals surface area contributed by atoms with Crippen molar-refractivity contribution in [3.8, 4) is 0 Å². The van der Waals surface area contributed by atoms with Gasteiger partial charge in [0.15, 0.2) is 0 Å². The van der Waals surface area contributed by atoms with Crippen molar-refractivity contribution in [2.45, 2.75) is 26.8 Å². The third-order valence-corrected chi connectivity index (χ3v) is 3.99. The van der Waals surface area contributed by atoms with Crippen molar-refractivity contribution < 1.29 is 4.79 Å². The first kappa shape index (κ1) is 12.5. The van der Waals surface area contributed by atoms with Crippen LogP contribution in [0.15, 0.2) is 17.5 Å². The molecule has 1 aromatic heterocycles. The molecular weight excluding hydrogens is 230 g/mol. The normalized spacial score (nSPS) is 13.6. The molecule has 0 aliphatic carbocycles. The number of halogens is 1. The molecule has 1 aromatic rings. The van der Waals surface area contributed by atoms with Crippen LogP contribution in [-0.4, -0.2) is 11.8 Å². The molecular formula is C11H16ClNOS. The molecule has 84 valence electrons. The lowest BCUT2D eigenvalue weighted by Crippen LogP contribution is -2.39. The second-order valence-electron chi connectivity index (χ2n) is 4.23. The minimum Gasteiger partial charge on any atom is -0.348 e. The van der Waals surface area contributed by atoms with E-state index in [2.05, 4.69) is 5.32 Å². The molecule has 15 heavy (non-hydrogen) atoms. The smallest absolute Gasteiger partial charge is 0.227 e. The van der Waals surface area contributed by atoms with E-state index >= 15 is 0 Å². The average Bonchev–Trinajstić information content (AvgIpc) is 2.70. The maximum atomic E-state index is 11.8. The standard InChI is InChI=1S/C11H16ClNOS/c1-8(9-5-4-6-15-9)13-10(14)11(2,3)7-12/h4-6,8H,7H2,1-3H3,(H,13,14). The van der Waals surface area contributed by atoms with Crippen LogP contribution in [-0.2, 0) is 4.79 Å². The zero-order valence-corrected chi connectivity index (χ0v) is 10.8. The molecule has 1 amide bonds. The van der Waals surface area contributed by atoms with E-state index in [1.165, 1.54) is 0 Å². The molecule has 4 heteroatoms. The van der Waals surface area contributed by atoms with E-state index in [4.69, 9.17) is 11.6 Å². The van der Waals surface area contributed by atoms with Gasteiger partial charge in [0.1, 0.15) is 0 Å². The molecule has 1 N–H and O–H groups in total. The van der Waals surface area contributed by atoms with Gasteiger partial charge in [-0.2, -0.15) is 0 Å². The predicted octanol–water partition coefficient (Wildman–Crippen LogP) is 3.19. The van der Waals surface area contributed by atoms with Crippen LogP contribution in [0.25, 0.3) is 0 Å². The summed E-state index contributed by atoms with van der Waals surface area (Å²) in [4.78, 5) is 13.0. The maximum Gasteiger partial charge on any atom is 0.227 e. The van der Waals surface area contributed by atoms with Crippen LogP contribution in [0.3, 0.4) is 0 Å². The number of carbonyl (C=O) groups excluding carboxylic acids is 1. The number of amides is 1. The Bertz CT molecular complexity index is 321. The molecule has 0 saturated carbocycles. The van der Waals surface area contributed by atoms with Crippen molar-refractivity contribution >= 4 is 28.8 Å². The summed E-state index contributed by atoms with van der Waals surface area (Å²) in [5.41, 5.74) is -0.507. The summed E-state index contributed by atoms with van der Waals surface area (Å²) >= 11 is 7.38. The van der Waals surface area contributed by atoms with E-state index < -0.39 is 5.41 Å². The molecule has 0 aliphatic heterocycles. The Morgan fingerprint density at radius 1 is 1.67 bits per heavy atom. The third kappa shape index (κ3) is 3.21. The molecule has 1 rings (SSSR count). The lowest BCUT2D eigenvalue weighted by molar-refractivity contribution is -0.128. The highest BCUT2D eigenvalue weighted by molar-refractivity contribution is 7.10. The zero-order valence-electron chi connectivity index (χ0n) is 9.21. The fraction of sp³-hybridized carbons (Fsp3) is 0.545. The number of nitrogens with one attached hydrogen (secondary N) is 1. The van der Waals surface area contributed by atoms with Gasteiger partial charge in [0.05, 0.1) is 11.5 Å². The zero-order chi connectivity index (χ0) is 11.5. The summed E-state index contributed by atoms with van der Waals surface area (Å²) in [5.74, 6) is 0.328. The van der Waals surface area contributed by atoms with Gasteiger partial charge in [0.2, 0.25) is 5.91 Å². The van der Waals surface area contributed by atoms with E-state index in [0.29, 0.717) is 5.88 Å². The molecule has 0 aliphatic rings. The fourth-order valence-electron chi connectivity index (χ4n) is 1.06. The number of thiophene rings is 1. The van der Waals surface area contributed by atoms with Crippen molar-refractivity contribution in [3.63, 3.8) is 0 Å². The molecule has 0 fully saturated rings. The summed E-state index contributed by atoms with van der Waals surface area (Å²) in [5, 5.41) is 4.97. The van der Waals surface area contributed by atoms with Gasteiger partial charge in [0, 0.05) is 10.8 Å². The van der Waals surface area contributed by atoms with Crippen LogP contribution >= 0.6 is 22.9 Å². The SMILES string of the molecule is CC(NC(=O)C(C)(C)CCl)c1cccs1. The van der Waals surface area contributed by atoms with Crippen LogP contribution in [0, 0.1) is 5.41 Å². The van der Waals surface area contributed by atoms with E-state index in [-0.39, 0.29) is 11.9 Å². The molecule has 0 spiro atoms. The van der Waals surface area contributed by atoms with Crippen molar-refractivity contribution in [2.24, 2.45) is 5.41 Å². The Labute approximate surface area is 99.6 Å². The van der Waals surface area contributed by atoms with Gasteiger partial charge in [-0.25, -0.2) is 0 Å². The van der Waals surface area contributed by atoms with Crippen LogP contribution in [0.5, 0.6) is 0 Å². The summed E-state index contributed by atoms with van der Waals surface area (Å²) in [6.07, 6.45) is 0. The van der Waals surface area contributed by atoms with Gasteiger partial charge < -0.3 is 5.32 Å². The Hall–Kier alpha value is -0.540. The van der Waals surface area contributed by atoms with Crippen LogP contribution in [0.4, 0.5) is 0 Å². The lowest BCUT2D eigenvalue weighted by atomic mass is 9.95. The molecule has 1 unspecified atom stereocenters. The summed E-state index contributed by atoms with van der Waals surface area (Å²) < 4.78 is 0. The second-order valence-corrected chi connectivity index (χ2v) is 5.47. The second kappa shape index (κ2) is 4.99. The highest BCUT2D eigenvalue weighted by Crippen LogP contribution is 2.22. The maximum absolute atomic E-state index is 11.8. The lowest BCUT2D eigenvalue weighted by Gasteiger charge is -2.23. The number of carbonyl (C=O) groups is 1. The number of alkyl halides is 1. The number of rotatable bonds is 4. The highest BCUT2D eigenvalue weighted by Gasteiger charge is 2.27. The van der Waals surface area contributed by atoms with Gasteiger partial charge in [-0.3, -0.25) is 4.79 Å².